The fourth-order valence-corrected chi connectivity index (χ4v) is 3.39. The van der Waals surface area contributed by atoms with Gasteiger partial charge in [0.1, 0.15) is 5.75 Å². The summed E-state index contributed by atoms with van der Waals surface area (Å²) < 4.78 is 20.7. The van der Waals surface area contributed by atoms with Crippen molar-refractivity contribution in [2.24, 2.45) is 0 Å². The maximum Gasteiger partial charge on any atom is 0.164 e. The van der Waals surface area contributed by atoms with Crippen LogP contribution in [0.2, 0.25) is 5.02 Å². The molecule has 0 atom stereocenters. The van der Waals surface area contributed by atoms with Gasteiger partial charge in [-0.2, -0.15) is 4.37 Å². The van der Waals surface area contributed by atoms with Gasteiger partial charge in [-0.15, -0.1) is 0 Å². The SMILES string of the molecule is COc1cc(OC)c(-c2sncc2-c2ccc(Cl)cc2)cc1OC. The average Bonchev–Trinajstić information content (AvgIpc) is 3.10. The number of ether oxygens (including phenoxy) is 3. The predicted octanol–water partition coefficient (Wildman–Crippen LogP) is 5.16. The average molecular weight is 362 g/mol. The van der Waals surface area contributed by atoms with Crippen LogP contribution in [-0.2, 0) is 0 Å². The van der Waals surface area contributed by atoms with Crippen molar-refractivity contribution in [3.05, 3.63) is 47.6 Å². The van der Waals surface area contributed by atoms with E-state index in [1.165, 1.54) is 11.5 Å². The zero-order valence-corrected chi connectivity index (χ0v) is 15.1. The molecule has 3 rings (SSSR count). The standard InChI is InChI=1S/C18H16ClNO3S/c1-21-15-9-17(23-3)16(22-2)8-13(15)18-14(10-20-24-18)11-4-6-12(19)7-5-11/h4-10H,1-3H3. The van der Waals surface area contributed by atoms with Gasteiger partial charge in [0.2, 0.25) is 0 Å². The largest absolute Gasteiger partial charge is 0.496 e. The molecule has 0 aliphatic carbocycles. The monoisotopic (exact) mass is 361 g/mol. The topological polar surface area (TPSA) is 40.6 Å². The van der Waals surface area contributed by atoms with Gasteiger partial charge in [-0.05, 0) is 35.3 Å². The van der Waals surface area contributed by atoms with E-state index in [0.29, 0.717) is 22.3 Å². The number of hydrogen-bond acceptors (Lipinski definition) is 5. The normalized spacial score (nSPS) is 10.5. The van der Waals surface area contributed by atoms with Crippen molar-refractivity contribution in [1.29, 1.82) is 0 Å². The molecule has 24 heavy (non-hydrogen) atoms. The Labute approximate surface area is 149 Å². The van der Waals surface area contributed by atoms with Gasteiger partial charge in [-0.1, -0.05) is 23.7 Å². The number of aromatic nitrogens is 1. The summed E-state index contributed by atoms with van der Waals surface area (Å²) in [5, 5.41) is 0.701. The van der Waals surface area contributed by atoms with E-state index >= 15 is 0 Å². The lowest BCUT2D eigenvalue weighted by Crippen LogP contribution is -1.94. The quantitative estimate of drug-likeness (QED) is 0.629. The molecule has 0 saturated heterocycles. The van der Waals surface area contributed by atoms with Crippen LogP contribution in [-0.4, -0.2) is 25.7 Å². The van der Waals surface area contributed by atoms with Crippen molar-refractivity contribution in [3.8, 4) is 38.8 Å². The van der Waals surface area contributed by atoms with E-state index in [-0.39, 0.29) is 0 Å². The minimum absolute atomic E-state index is 0.621. The Hall–Kier alpha value is -2.24. The summed E-state index contributed by atoms with van der Waals surface area (Å²) in [6.07, 6.45) is 1.85. The molecule has 1 heterocycles. The Balaban J connectivity index is 2.16. The van der Waals surface area contributed by atoms with Crippen molar-refractivity contribution in [1.82, 2.24) is 4.37 Å². The highest BCUT2D eigenvalue weighted by molar-refractivity contribution is 7.10. The van der Waals surface area contributed by atoms with Gasteiger partial charge in [-0.25, -0.2) is 0 Å². The van der Waals surface area contributed by atoms with Crippen LogP contribution < -0.4 is 14.2 Å². The van der Waals surface area contributed by atoms with Crippen LogP contribution in [0.4, 0.5) is 0 Å². The van der Waals surface area contributed by atoms with Crippen LogP contribution in [0.1, 0.15) is 0 Å². The van der Waals surface area contributed by atoms with Gasteiger partial charge in [0.15, 0.2) is 11.5 Å². The van der Waals surface area contributed by atoms with Crippen molar-refractivity contribution in [2.75, 3.05) is 21.3 Å². The first-order valence-electron chi connectivity index (χ1n) is 7.19. The molecule has 0 amide bonds. The molecular formula is C18H16ClNO3S. The lowest BCUT2D eigenvalue weighted by atomic mass is 10.0. The lowest BCUT2D eigenvalue weighted by Gasteiger charge is -2.14. The van der Waals surface area contributed by atoms with Gasteiger partial charge in [0.25, 0.3) is 0 Å². The molecule has 2 aromatic carbocycles. The minimum Gasteiger partial charge on any atom is -0.496 e. The van der Waals surface area contributed by atoms with Crippen LogP contribution in [0, 0.1) is 0 Å². The number of hydrogen-bond donors (Lipinski definition) is 0. The zero-order chi connectivity index (χ0) is 17.1. The van der Waals surface area contributed by atoms with Crippen LogP contribution in [0.5, 0.6) is 17.2 Å². The number of nitrogens with zero attached hydrogens (tertiary/aromatic N) is 1. The third-order valence-corrected chi connectivity index (χ3v) is 4.76. The van der Waals surface area contributed by atoms with Gasteiger partial charge in [0.05, 0.1) is 26.2 Å². The Bertz CT molecular complexity index is 846. The molecule has 1 aromatic heterocycles. The van der Waals surface area contributed by atoms with Crippen molar-refractivity contribution in [2.45, 2.75) is 0 Å². The number of rotatable bonds is 5. The molecule has 0 radical (unpaired) electrons. The van der Waals surface area contributed by atoms with Crippen LogP contribution >= 0.6 is 23.1 Å². The number of benzene rings is 2. The van der Waals surface area contributed by atoms with Gasteiger partial charge in [-0.3, -0.25) is 0 Å². The fourth-order valence-electron chi connectivity index (χ4n) is 2.48. The molecule has 0 fully saturated rings. The number of methoxy groups -OCH3 is 3. The highest BCUT2D eigenvalue weighted by Gasteiger charge is 2.18. The highest BCUT2D eigenvalue weighted by atomic mass is 35.5. The van der Waals surface area contributed by atoms with Crippen molar-refractivity contribution in [3.63, 3.8) is 0 Å². The van der Waals surface area contributed by atoms with E-state index in [1.54, 1.807) is 21.3 Å². The van der Waals surface area contributed by atoms with E-state index in [4.69, 9.17) is 25.8 Å². The molecule has 0 unspecified atom stereocenters. The van der Waals surface area contributed by atoms with Crippen molar-refractivity contribution < 1.29 is 14.2 Å². The molecule has 3 aromatic rings. The van der Waals surface area contributed by atoms with E-state index < -0.39 is 0 Å². The second kappa shape index (κ2) is 7.11. The van der Waals surface area contributed by atoms with Crippen LogP contribution in [0.15, 0.2) is 42.6 Å². The fraction of sp³-hybridized carbons (Fsp3) is 0.167. The Morgan fingerprint density at radius 1 is 0.833 bits per heavy atom. The summed E-state index contributed by atoms with van der Waals surface area (Å²) >= 11 is 7.39. The number of halogens is 1. The summed E-state index contributed by atoms with van der Waals surface area (Å²) in [6, 6.07) is 11.4. The molecule has 0 spiro atoms. The van der Waals surface area contributed by atoms with E-state index in [9.17, 15) is 0 Å². The summed E-state index contributed by atoms with van der Waals surface area (Å²) in [4.78, 5) is 0.995. The smallest absolute Gasteiger partial charge is 0.164 e. The first-order valence-corrected chi connectivity index (χ1v) is 8.34. The highest BCUT2D eigenvalue weighted by Crippen LogP contribution is 2.45. The van der Waals surface area contributed by atoms with E-state index in [2.05, 4.69) is 4.37 Å². The Morgan fingerprint density at radius 3 is 2.08 bits per heavy atom. The summed E-state index contributed by atoms with van der Waals surface area (Å²) in [5.74, 6) is 1.96. The summed E-state index contributed by atoms with van der Waals surface area (Å²) in [6.45, 7) is 0. The predicted molar refractivity (Wildman–Crippen MR) is 97.7 cm³/mol. The van der Waals surface area contributed by atoms with Gasteiger partial charge >= 0.3 is 0 Å². The Morgan fingerprint density at radius 2 is 1.46 bits per heavy atom. The third kappa shape index (κ3) is 3.05. The zero-order valence-electron chi connectivity index (χ0n) is 13.5. The summed E-state index contributed by atoms with van der Waals surface area (Å²) in [7, 11) is 4.84. The second-order valence-electron chi connectivity index (χ2n) is 4.98. The van der Waals surface area contributed by atoms with E-state index in [1.807, 2.05) is 42.6 Å². The minimum atomic E-state index is 0.621. The molecule has 4 nitrogen and oxygen atoms in total. The molecular weight excluding hydrogens is 346 g/mol. The van der Waals surface area contributed by atoms with Crippen molar-refractivity contribution >= 4 is 23.1 Å². The van der Waals surface area contributed by atoms with Crippen LogP contribution in [0.25, 0.3) is 21.6 Å². The first-order chi connectivity index (χ1) is 11.7. The molecule has 0 aliphatic rings. The molecule has 0 N–H and O–H groups in total. The molecule has 6 heteroatoms. The molecule has 0 saturated carbocycles. The molecule has 124 valence electrons. The second-order valence-corrected chi connectivity index (χ2v) is 6.22. The Kier molecular flexibility index (Phi) is 4.92. The third-order valence-electron chi connectivity index (χ3n) is 3.68. The lowest BCUT2D eigenvalue weighted by molar-refractivity contribution is 0.349. The van der Waals surface area contributed by atoms with Gasteiger partial charge < -0.3 is 14.2 Å². The maximum absolute atomic E-state index is 5.99. The molecule has 0 bridgehead atoms. The van der Waals surface area contributed by atoms with E-state index in [0.717, 1.165) is 21.6 Å². The van der Waals surface area contributed by atoms with Crippen LogP contribution in [0.3, 0.4) is 0 Å². The maximum atomic E-state index is 5.99. The molecule has 0 aliphatic heterocycles. The first kappa shape index (κ1) is 16.6. The summed E-state index contributed by atoms with van der Waals surface area (Å²) in [5.41, 5.74) is 2.96. The van der Waals surface area contributed by atoms with Gasteiger partial charge in [0, 0.05) is 28.4 Å².